The fourth-order valence-electron chi connectivity index (χ4n) is 3.61. The van der Waals surface area contributed by atoms with Gasteiger partial charge in [-0.25, -0.2) is 0 Å². The Morgan fingerprint density at radius 2 is 1.60 bits per heavy atom. The van der Waals surface area contributed by atoms with Gasteiger partial charge in [-0.1, -0.05) is 48.5 Å². The second-order valence-corrected chi connectivity index (χ2v) is 7.11. The highest BCUT2D eigenvalue weighted by Crippen LogP contribution is 2.44. The van der Waals surface area contributed by atoms with Crippen molar-refractivity contribution >= 4 is 5.91 Å². The maximum atomic E-state index is 12.8. The number of aliphatic hydroxyl groups is 1. The number of carbonyl (C=O) groups is 1. The van der Waals surface area contributed by atoms with Crippen LogP contribution in [-0.2, 0) is 4.79 Å². The summed E-state index contributed by atoms with van der Waals surface area (Å²) in [5, 5.41) is 16.3. The molecule has 2 aliphatic rings. The van der Waals surface area contributed by atoms with Crippen molar-refractivity contribution in [1.29, 1.82) is 0 Å². The molecule has 1 atom stereocenters. The number of nitrogens with one attached hydrogen (secondary N) is 2. The minimum Gasteiger partial charge on any atom is -0.390 e. The molecule has 2 aliphatic carbocycles. The third-order valence-corrected chi connectivity index (χ3v) is 5.12. The Hall–Kier alpha value is -2.17. The zero-order valence-corrected chi connectivity index (χ0v) is 14.2. The summed E-state index contributed by atoms with van der Waals surface area (Å²) in [7, 11) is 0. The Labute approximate surface area is 148 Å². The van der Waals surface area contributed by atoms with Crippen LogP contribution in [0.5, 0.6) is 0 Å². The van der Waals surface area contributed by atoms with Gasteiger partial charge in [0.25, 0.3) is 0 Å². The van der Waals surface area contributed by atoms with Crippen LogP contribution in [0.4, 0.5) is 0 Å². The van der Waals surface area contributed by atoms with Crippen molar-refractivity contribution in [2.75, 3.05) is 19.6 Å². The van der Waals surface area contributed by atoms with Gasteiger partial charge in [0.15, 0.2) is 0 Å². The Kier molecular flexibility index (Phi) is 4.55. The van der Waals surface area contributed by atoms with Crippen LogP contribution >= 0.6 is 0 Å². The summed E-state index contributed by atoms with van der Waals surface area (Å²) in [4.78, 5) is 12.8. The summed E-state index contributed by atoms with van der Waals surface area (Å²) < 4.78 is 0. The Bertz CT molecular complexity index is 724. The van der Waals surface area contributed by atoms with Gasteiger partial charge in [-0.05, 0) is 47.6 Å². The first-order valence-electron chi connectivity index (χ1n) is 9.08. The van der Waals surface area contributed by atoms with Gasteiger partial charge in [0, 0.05) is 13.1 Å². The van der Waals surface area contributed by atoms with Crippen LogP contribution in [0.2, 0.25) is 0 Å². The number of aliphatic hydroxyl groups excluding tert-OH is 1. The van der Waals surface area contributed by atoms with E-state index in [1.54, 1.807) is 0 Å². The molecule has 0 aromatic heterocycles. The molecule has 4 rings (SSSR count). The molecule has 0 spiro atoms. The quantitative estimate of drug-likeness (QED) is 0.727. The molecular formula is C21H24N2O2. The monoisotopic (exact) mass is 336 g/mol. The molecule has 0 bridgehead atoms. The molecule has 0 aliphatic heterocycles. The molecule has 1 unspecified atom stereocenters. The van der Waals surface area contributed by atoms with Crippen molar-refractivity contribution in [1.82, 2.24) is 10.6 Å². The van der Waals surface area contributed by atoms with Crippen LogP contribution in [0.1, 0.15) is 29.9 Å². The van der Waals surface area contributed by atoms with E-state index in [2.05, 4.69) is 22.8 Å². The molecule has 130 valence electrons. The molecule has 4 heteroatoms. The molecule has 4 nitrogen and oxygen atoms in total. The minimum atomic E-state index is -0.561. The van der Waals surface area contributed by atoms with E-state index < -0.39 is 6.10 Å². The molecule has 0 saturated heterocycles. The van der Waals surface area contributed by atoms with Gasteiger partial charge < -0.3 is 15.7 Å². The van der Waals surface area contributed by atoms with Crippen LogP contribution in [0, 0.1) is 5.92 Å². The molecular weight excluding hydrogens is 312 g/mol. The van der Waals surface area contributed by atoms with E-state index in [0.29, 0.717) is 6.54 Å². The van der Waals surface area contributed by atoms with Crippen molar-refractivity contribution in [3.8, 4) is 11.1 Å². The van der Waals surface area contributed by atoms with E-state index >= 15 is 0 Å². The fraction of sp³-hybridized carbons (Fsp3) is 0.381. The highest BCUT2D eigenvalue weighted by molar-refractivity contribution is 5.96. The third kappa shape index (κ3) is 3.46. The number of hydrogen-bond donors (Lipinski definition) is 3. The highest BCUT2D eigenvalue weighted by Gasteiger charge is 2.33. The first-order chi connectivity index (χ1) is 12.2. The lowest BCUT2D eigenvalue weighted by atomic mass is 9.96. The first kappa shape index (κ1) is 16.3. The molecule has 1 amide bonds. The van der Waals surface area contributed by atoms with E-state index in [9.17, 15) is 9.90 Å². The molecule has 2 aromatic rings. The highest BCUT2D eigenvalue weighted by atomic mass is 16.3. The zero-order valence-electron chi connectivity index (χ0n) is 14.2. The zero-order chi connectivity index (χ0) is 17.2. The summed E-state index contributed by atoms with van der Waals surface area (Å²) in [5.41, 5.74) is 4.35. The second-order valence-electron chi connectivity index (χ2n) is 7.11. The van der Waals surface area contributed by atoms with Gasteiger partial charge in [0.2, 0.25) is 5.91 Å². The van der Waals surface area contributed by atoms with E-state index in [1.807, 2.05) is 36.4 Å². The lowest BCUT2D eigenvalue weighted by Gasteiger charge is -2.17. The molecule has 25 heavy (non-hydrogen) atoms. The van der Waals surface area contributed by atoms with Crippen LogP contribution in [0.3, 0.4) is 0 Å². The van der Waals surface area contributed by atoms with Gasteiger partial charge in [-0.3, -0.25) is 4.79 Å². The smallest absolute Gasteiger partial charge is 0.232 e. The predicted molar refractivity (Wildman–Crippen MR) is 98.3 cm³/mol. The van der Waals surface area contributed by atoms with Crippen LogP contribution < -0.4 is 10.6 Å². The summed E-state index contributed by atoms with van der Waals surface area (Å²) in [6.07, 6.45) is 2.02. The third-order valence-electron chi connectivity index (χ3n) is 5.12. The number of carbonyl (C=O) groups excluding carboxylic acids is 1. The summed E-state index contributed by atoms with van der Waals surface area (Å²) in [6, 6.07) is 16.1. The summed E-state index contributed by atoms with van der Waals surface area (Å²) >= 11 is 0. The topological polar surface area (TPSA) is 61.4 Å². The lowest BCUT2D eigenvalue weighted by molar-refractivity contribution is -0.122. The van der Waals surface area contributed by atoms with Crippen molar-refractivity contribution < 1.29 is 9.90 Å². The minimum absolute atomic E-state index is 0.0429. The maximum absolute atomic E-state index is 12.8. The van der Waals surface area contributed by atoms with Crippen LogP contribution in [0.25, 0.3) is 11.1 Å². The molecule has 3 N–H and O–H groups in total. The predicted octanol–water partition coefficient (Wildman–Crippen LogP) is 2.28. The van der Waals surface area contributed by atoms with Crippen molar-refractivity contribution in [3.05, 3.63) is 59.7 Å². The summed E-state index contributed by atoms with van der Waals surface area (Å²) in [5.74, 6) is 0.450. The molecule has 1 saturated carbocycles. The van der Waals surface area contributed by atoms with Gasteiger partial charge in [0.1, 0.15) is 0 Å². The number of fused-ring (bicyclic) bond motifs is 3. The molecule has 0 heterocycles. The Morgan fingerprint density at radius 3 is 2.20 bits per heavy atom. The Balaban J connectivity index is 1.41. The Morgan fingerprint density at radius 1 is 1.00 bits per heavy atom. The lowest BCUT2D eigenvalue weighted by Crippen LogP contribution is -2.40. The van der Waals surface area contributed by atoms with Crippen molar-refractivity contribution in [2.45, 2.75) is 24.9 Å². The fourth-order valence-corrected chi connectivity index (χ4v) is 3.61. The van der Waals surface area contributed by atoms with E-state index in [0.717, 1.165) is 34.7 Å². The average Bonchev–Trinajstić information content (AvgIpc) is 3.40. The number of amides is 1. The van der Waals surface area contributed by atoms with Crippen molar-refractivity contribution in [2.24, 2.45) is 5.92 Å². The first-order valence-corrected chi connectivity index (χ1v) is 9.08. The van der Waals surface area contributed by atoms with Crippen molar-refractivity contribution in [3.63, 3.8) is 0 Å². The van der Waals surface area contributed by atoms with E-state index in [-0.39, 0.29) is 18.4 Å². The SMILES string of the molecule is O=C(NCC(O)CNCC1CC1)C1c2ccccc2-c2ccccc21. The molecule has 0 radical (unpaired) electrons. The number of hydrogen-bond acceptors (Lipinski definition) is 3. The largest absolute Gasteiger partial charge is 0.390 e. The van der Waals surface area contributed by atoms with Gasteiger partial charge in [-0.2, -0.15) is 0 Å². The van der Waals surface area contributed by atoms with Crippen LogP contribution in [-0.4, -0.2) is 36.8 Å². The summed E-state index contributed by atoms with van der Waals surface area (Å²) in [6.45, 7) is 1.76. The second kappa shape index (κ2) is 6.98. The van der Waals surface area contributed by atoms with E-state index in [1.165, 1.54) is 12.8 Å². The number of benzene rings is 2. The normalized spacial score (nSPS) is 17.0. The van der Waals surface area contributed by atoms with Gasteiger partial charge in [-0.15, -0.1) is 0 Å². The van der Waals surface area contributed by atoms with Gasteiger partial charge in [0.05, 0.1) is 12.0 Å². The van der Waals surface area contributed by atoms with Crippen LogP contribution in [0.15, 0.2) is 48.5 Å². The maximum Gasteiger partial charge on any atom is 0.232 e. The van der Waals surface area contributed by atoms with E-state index in [4.69, 9.17) is 0 Å². The molecule has 1 fully saturated rings. The van der Waals surface area contributed by atoms with Gasteiger partial charge >= 0.3 is 0 Å². The standard InChI is InChI=1S/C21H24N2O2/c24-15(12-22-11-14-9-10-14)13-23-21(25)20-18-7-3-1-5-16(18)17-6-2-4-8-19(17)20/h1-8,14-15,20,22,24H,9-13H2,(H,23,25). The molecule has 2 aromatic carbocycles. The number of rotatable bonds is 7. The average molecular weight is 336 g/mol.